The van der Waals surface area contributed by atoms with Crippen molar-refractivity contribution in [3.8, 4) is 0 Å². The summed E-state index contributed by atoms with van der Waals surface area (Å²) in [5, 5.41) is 0. The molecule has 0 saturated carbocycles. The minimum atomic E-state index is -3.14. The highest BCUT2D eigenvalue weighted by Crippen LogP contribution is 2.41. The SMILES string of the molecule is Cc1ccc(C2=C(c3ccc(S(C)(=O)=O)cc3)CCC2)c(C)c1. The summed E-state index contributed by atoms with van der Waals surface area (Å²) in [6.07, 6.45) is 4.55. The van der Waals surface area contributed by atoms with Crippen molar-refractivity contribution in [3.63, 3.8) is 0 Å². The van der Waals surface area contributed by atoms with E-state index in [1.54, 1.807) is 12.1 Å². The fraction of sp³-hybridized carbons (Fsp3) is 0.300. The Morgan fingerprint density at radius 1 is 0.870 bits per heavy atom. The van der Waals surface area contributed by atoms with Crippen LogP contribution in [0.2, 0.25) is 0 Å². The minimum Gasteiger partial charge on any atom is -0.224 e. The van der Waals surface area contributed by atoms with Gasteiger partial charge in [-0.25, -0.2) is 8.42 Å². The molecule has 0 spiro atoms. The van der Waals surface area contributed by atoms with Gasteiger partial charge in [0.05, 0.1) is 4.90 Å². The third-order valence-corrected chi connectivity index (χ3v) is 5.68. The molecule has 3 rings (SSSR count). The zero-order chi connectivity index (χ0) is 16.6. The molecule has 0 aliphatic heterocycles. The molecule has 1 aliphatic carbocycles. The molecule has 0 heterocycles. The summed E-state index contributed by atoms with van der Waals surface area (Å²) in [4.78, 5) is 0.382. The van der Waals surface area contributed by atoms with Crippen molar-refractivity contribution in [1.29, 1.82) is 0 Å². The number of benzene rings is 2. The van der Waals surface area contributed by atoms with Gasteiger partial charge in [0.15, 0.2) is 9.84 Å². The lowest BCUT2D eigenvalue weighted by atomic mass is 9.93. The van der Waals surface area contributed by atoms with Gasteiger partial charge in [0.1, 0.15) is 0 Å². The monoisotopic (exact) mass is 326 g/mol. The number of hydrogen-bond donors (Lipinski definition) is 0. The Bertz CT molecular complexity index is 872. The molecule has 0 fully saturated rings. The number of rotatable bonds is 3. The van der Waals surface area contributed by atoms with Crippen LogP contribution < -0.4 is 0 Å². The van der Waals surface area contributed by atoms with Crippen LogP contribution in [0.5, 0.6) is 0 Å². The van der Waals surface area contributed by atoms with Crippen molar-refractivity contribution < 1.29 is 8.42 Å². The summed E-state index contributed by atoms with van der Waals surface area (Å²) in [6, 6.07) is 13.9. The second-order valence-corrected chi connectivity index (χ2v) is 8.44. The Hall–Kier alpha value is -1.87. The molecule has 120 valence electrons. The van der Waals surface area contributed by atoms with Crippen LogP contribution in [0.15, 0.2) is 47.4 Å². The van der Waals surface area contributed by atoms with Crippen molar-refractivity contribution in [3.05, 3.63) is 64.7 Å². The van der Waals surface area contributed by atoms with E-state index in [0.717, 1.165) is 24.8 Å². The van der Waals surface area contributed by atoms with E-state index < -0.39 is 9.84 Å². The highest BCUT2D eigenvalue weighted by atomic mass is 32.2. The van der Waals surface area contributed by atoms with Crippen LogP contribution >= 0.6 is 0 Å². The van der Waals surface area contributed by atoms with Gasteiger partial charge in [-0.1, -0.05) is 35.9 Å². The number of sulfone groups is 1. The van der Waals surface area contributed by atoms with Crippen molar-refractivity contribution in [2.45, 2.75) is 38.0 Å². The largest absolute Gasteiger partial charge is 0.224 e. The second-order valence-electron chi connectivity index (χ2n) is 6.43. The van der Waals surface area contributed by atoms with E-state index >= 15 is 0 Å². The minimum absolute atomic E-state index is 0.382. The molecule has 0 amide bonds. The number of hydrogen-bond acceptors (Lipinski definition) is 2. The van der Waals surface area contributed by atoms with Gasteiger partial charge in [-0.15, -0.1) is 0 Å². The number of allylic oxidation sites excluding steroid dienone is 2. The zero-order valence-electron chi connectivity index (χ0n) is 13.9. The van der Waals surface area contributed by atoms with E-state index in [4.69, 9.17) is 0 Å². The summed E-state index contributed by atoms with van der Waals surface area (Å²) in [6.45, 7) is 4.28. The summed E-state index contributed by atoms with van der Waals surface area (Å²) >= 11 is 0. The van der Waals surface area contributed by atoms with Crippen molar-refractivity contribution in [2.75, 3.05) is 6.26 Å². The molecule has 0 radical (unpaired) electrons. The van der Waals surface area contributed by atoms with E-state index in [-0.39, 0.29) is 0 Å². The van der Waals surface area contributed by atoms with Gasteiger partial charge in [0, 0.05) is 6.26 Å². The molecule has 0 unspecified atom stereocenters. The first-order valence-corrected chi connectivity index (χ1v) is 9.85. The maximum absolute atomic E-state index is 11.6. The predicted octanol–water partition coefficient (Wildman–Crippen LogP) is 4.80. The molecule has 0 bridgehead atoms. The maximum atomic E-state index is 11.6. The molecule has 0 saturated heterocycles. The fourth-order valence-corrected chi connectivity index (χ4v) is 4.05. The van der Waals surface area contributed by atoms with Gasteiger partial charge in [-0.3, -0.25) is 0 Å². The Morgan fingerprint density at radius 2 is 1.52 bits per heavy atom. The first-order valence-electron chi connectivity index (χ1n) is 7.96. The highest BCUT2D eigenvalue weighted by Gasteiger charge is 2.19. The van der Waals surface area contributed by atoms with E-state index in [1.807, 2.05) is 12.1 Å². The van der Waals surface area contributed by atoms with Crippen LogP contribution in [0.25, 0.3) is 11.1 Å². The van der Waals surface area contributed by atoms with E-state index in [1.165, 1.54) is 34.1 Å². The summed E-state index contributed by atoms with van der Waals surface area (Å²) in [5.41, 5.74) is 7.84. The second kappa shape index (κ2) is 5.97. The van der Waals surface area contributed by atoms with Crippen LogP contribution in [-0.2, 0) is 9.84 Å². The van der Waals surface area contributed by atoms with Gasteiger partial charge in [0.2, 0.25) is 0 Å². The van der Waals surface area contributed by atoms with Crippen molar-refractivity contribution in [1.82, 2.24) is 0 Å². The molecule has 0 N–H and O–H groups in total. The molecular weight excluding hydrogens is 304 g/mol. The first kappa shape index (κ1) is 16.0. The smallest absolute Gasteiger partial charge is 0.175 e. The van der Waals surface area contributed by atoms with Gasteiger partial charge in [0.25, 0.3) is 0 Å². The Morgan fingerprint density at radius 3 is 2.13 bits per heavy atom. The summed E-state index contributed by atoms with van der Waals surface area (Å²) in [5.74, 6) is 0. The molecule has 23 heavy (non-hydrogen) atoms. The van der Waals surface area contributed by atoms with Crippen LogP contribution in [-0.4, -0.2) is 14.7 Å². The molecule has 2 nitrogen and oxygen atoms in total. The quantitative estimate of drug-likeness (QED) is 0.812. The predicted molar refractivity (Wildman–Crippen MR) is 96.1 cm³/mol. The van der Waals surface area contributed by atoms with Crippen LogP contribution in [0.3, 0.4) is 0 Å². The Labute approximate surface area is 138 Å². The van der Waals surface area contributed by atoms with Gasteiger partial charge in [-0.05, 0) is 73.1 Å². The van der Waals surface area contributed by atoms with Crippen molar-refractivity contribution in [2.24, 2.45) is 0 Å². The zero-order valence-corrected chi connectivity index (χ0v) is 14.7. The van der Waals surface area contributed by atoms with Gasteiger partial charge in [-0.2, -0.15) is 0 Å². The van der Waals surface area contributed by atoms with E-state index in [9.17, 15) is 8.42 Å². The highest BCUT2D eigenvalue weighted by molar-refractivity contribution is 7.90. The first-order chi connectivity index (χ1) is 10.9. The molecule has 0 atom stereocenters. The van der Waals surface area contributed by atoms with E-state index in [0.29, 0.717) is 4.90 Å². The average molecular weight is 326 g/mol. The Balaban J connectivity index is 2.06. The van der Waals surface area contributed by atoms with Crippen molar-refractivity contribution >= 4 is 21.0 Å². The third-order valence-electron chi connectivity index (χ3n) is 4.56. The summed E-state index contributed by atoms with van der Waals surface area (Å²) < 4.78 is 23.2. The normalized spacial score (nSPS) is 15.3. The summed E-state index contributed by atoms with van der Waals surface area (Å²) in [7, 11) is -3.14. The lowest BCUT2D eigenvalue weighted by molar-refractivity contribution is 0.602. The average Bonchev–Trinajstić information content (AvgIpc) is 2.95. The molecule has 3 heteroatoms. The van der Waals surface area contributed by atoms with Crippen LogP contribution in [0.4, 0.5) is 0 Å². The maximum Gasteiger partial charge on any atom is 0.175 e. The van der Waals surface area contributed by atoms with Crippen LogP contribution in [0, 0.1) is 13.8 Å². The molecule has 2 aromatic rings. The van der Waals surface area contributed by atoms with E-state index in [2.05, 4.69) is 32.0 Å². The molecule has 1 aliphatic rings. The topological polar surface area (TPSA) is 34.1 Å². The lowest BCUT2D eigenvalue weighted by Crippen LogP contribution is -1.97. The molecular formula is C20H22O2S. The van der Waals surface area contributed by atoms with Gasteiger partial charge < -0.3 is 0 Å². The lowest BCUT2D eigenvalue weighted by Gasteiger charge is -2.12. The van der Waals surface area contributed by atoms with Crippen LogP contribution in [0.1, 0.15) is 41.5 Å². The molecule has 2 aromatic carbocycles. The number of aryl methyl sites for hydroxylation is 2. The third kappa shape index (κ3) is 3.25. The standard InChI is InChI=1S/C20H22O2S/c1-14-7-12-18(15(2)13-14)20-6-4-5-19(20)16-8-10-17(11-9-16)23(3,21)22/h7-13H,4-6H2,1-3H3. The van der Waals surface area contributed by atoms with Gasteiger partial charge >= 0.3 is 0 Å². The fourth-order valence-electron chi connectivity index (χ4n) is 3.42. The molecule has 0 aromatic heterocycles. The Kier molecular flexibility index (Phi) is 4.15.